The highest BCUT2D eigenvalue weighted by Gasteiger charge is 2.51. The van der Waals surface area contributed by atoms with Gasteiger partial charge in [-0.1, -0.05) is 92.7 Å². The molecule has 0 spiro atoms. The lowest BCUT2D eigenvalue weighted by Gasteiger charge is -2.42. The zero-order valence-corrected chi connectivity index (χ0v) is 25.0. The van der Waals surface area contributed by atoms with E-state index in [0.29, 0.717) is 10.4 Å². The highest BCUT2D eigenvalue weighted by atomic mass is 32.2. The Kier molecular flexibility index (Phi) is 11.1. The third kappa shape index (κ3) is 7.84. The summed E-state index contributed by atoms with van der Waals surface area (Å²) in [6.07, 6.45) is -1.60. The minimum atomic E-state index is -5.94. The second-order valence-corrected chi connectivity index (χ2v) is 16.0. The molecule has 0 bridgehead atoms. The first kappa shape index (κ1) is 33.4. The summed E-state index contributed by atoms with van der Waals surface area (Å²) in [6, 6.07) is 25.7. The molecule has 226 valence electrons. The van der Waals surface area contributed by atoms with Crippen molar-refractivity contribution in [1.82, 2.24) is 0 Å². The van der Waals surface area contributed by atoms with E-state index >= 15 is 0 Å². The van der Waals surface area contributed by atoms with Crippen molar-refractivity contribution in [1.29, 1.82) is 5.26 Å². The van der Waals surface area contributed by atoms with Gasteiger partial charge in [-0.25, -0.2) is 4.39 Å². The molecule has 0 fully saturated rings. The lowest BCUT2D eigenvalue weighted by Crippen LogP contribution is -2.65. The molecule has 6 nitrogen and oxygen atoms in total. The van der Waals surface area contributed by atoms with Crippen LogP contribution in [-0.2, 0) is 19.0 Å². The van der Waals surface area contributed by atoms with Gasteiger partial charge in [-0.2, -0.15) is 26.9 Å². The number of rotatable bonds is 14. The first-order chi connectivity index (χ1) is 19.7. The predicted molar refractivity (Wildman–Crippen MR) is 153 cm³/mol. The van der Waals surface area contributed by atoms with Crippen LogP contribution in [0.1, 0.15) is 44.6 Å². The standard InChI is InChI=1S/C30H33F4NO5SSi/c1-29(2,42(38,25-11-5-3-6-12-25)26-13-7-4-8-14-26)19-17-24(40-41(36,37)30(32,33)34)22-39-20-18-23(21-35)27-15-9-10-16-28(27)31/h3-16,23-24,38H,17-20,22H2,1-2H3. The molecule has 3 rings (SSSR count). The van der Waals surface area contributed by atoms with E-state index in [9.17, 15) is 36.0 Å². The van der Waals surface area contributed by atoms with Crippen LogP contribution in [-0.4, -0.2) is 46.4 Å². The zero-order valence-electron chi connectivity index (χ0n) is 23.2. The molecule has 0 saturated carbocycles. The number of halogens is 4. The average Bonchev–Trinajstić information content (AvgIpc) is 2.96. The Morgan fingerprint density at radius 3 is 1.93 bits per heavy atom. The number of nitrogens with zero attached hydrogens (tertiary/aromatic N) is 1. The van der Waals surface area contributed by atoms with E-state index in [1.165, 1.54) is 18.2 Å². The molecular weight excluding hydrogens is 590 g/mol. The Bertz CT molecular complexity index is 1410. The van der Waals surface area contributed by atoms with Crippen LogP contribution in [0.4, 0.5) is 17.6 Å². The largest absolute Gasteiger partial charge is 0.523 e. The Morgan fingerprint density at radius 2 is 1.43 bits per heavy atom. The van der Waals surface area contributed by atoms with E-state index in [-0.39, 0.29) is 31.4 Å². The molecule has 12 heteroatoms. The number of alkyl halides is 3. The van der Waals surface area contributed by atoms with Crippen LogP contribution < -0.4 is 10.4 Å². The molecule has 0 saturated heterocycles. The molecular formula is C30H33F4NO5SSi. The van der Waals surface area contributed by atoms with Crippen molar-refractivity contribution in [2.75, 3.05) is 13.2 Å². The number of hydrogen-bond acceptors (Lipinski definition) is 6. The van der Waals surface area contributed by atoms with Crippen LogP contribution in [0.2, 0.25) is 5.04 Å². The molecule has 0 amide bonds. The van der Waals surface area contributed by atoms with Crippen molar-refractivity contribution >= 4 is 28.8 Å². The van der Waals surface area contributed by atoms with Crippen LogP contribution in [0, 0.1) is 17.1 Å². The monoisotopic (exact) mass is 623 g/mol. The average molecular weight is 624 g/mol. The normalized spacial score (nSPS) is 14.2. The molecule has 0 radical (unpaired) electrons. The van der Waals surface area contributed by atoms with Gasteiger partial charge in [0.1, 0.15) is 11.9 Å². The number of hydrogen-bond donors (Lipinski definition) is 1. The zero-order chi connectivity index (χ0) is 31.0. The lowest BCUT2D eigenvalue weighted by atomic mass is 9.97. The highest BCUT2D eigenvalue weighted by molar-refractivity contribution is 7.87. The van der Waals surface area contributed by atoms with E-state index in [1.807, 2.05) is 18.2 Å². The topological polar surface area (TPSA) is 96.6 Å². The quantitative estimate of drug-likeness (QED) is 0.0851. The van der Waals surface area contributed by atoms with Gasteiger partial charge >= 0.3 is 15.6 Å². The van der Waals surface area contributed by atoms with Gasteiger partial charge < -0.3 is 9.53 Å². The van der Waals surface area contributed by atoms with Gasteiger partial charge in [0.05, 0.1) is 18.6 Å². The maximum absolute atomic E-state index is 14.1. The van der Waals surface area contributed by atoms with E-state index in [4.69, 9.17) is 4.74 Å². The molecule has 0 heterocycles. The van der Waals surface area contributed by atoms with Gasteiger partial charge in [-0.15, -0.1) is 0 Å². The van der Waals surface area contributed by atoms with Gasteiger partial charge in [0.15, 0.2) is 0 Å². The van der Waals surface area contributed by atoms with Gasteiger partial charge in [0.2, 0.25) is 0 Å². The summed E-state index contributed by atoms with van der Waals surface area (Å²) in [5.41, 5.74) is -5.48. The molecule has 42 heavy (non-hydrogen) atoms. The van der Waals surface area contributed by atoms with Crippen molar-refractivity contribution in [2.45, 2.75) is 55.7 Å². The van der Waals surface area contributed by atoms with Crippen molar-refractivity contribution in [3.05, 3.63) is 96.3 Å². The maximum Gasteiger partial charge on any atom is 0.523 e. The van der Waals surface area contributed by atoms with Gasteiger partial charge in [-0.3, -0.25) is 4.18 Å². The van der Waals surface area contributed by atoms with Crippen LogP contribution in [0.5, 0.6) is 0 Å². The van der Waals surface area contributed by atoms with Crippen LogP contribution >= 0.6 is 0 Å². The summed E-state index contributed by atoms with van der Waals surface area (Å²) in [7, 11) is -9.48. The second-order valence-electron chi connectivity index (χ2n) is 10.5. The third-order valence-electron chi connectivity index (χ3n) is 7.29. The SMILES string of the molecule is CC(C)(CCC(COCCC(C#N)c1ccccc1F)OS(=O)(=O)C(F)(F)F)[Si](O)(c1ccccc1)c1ccccc1. The fourth-order valence-corrected chi connectivity index (χ4v) is 9.24. The first-order valence-corrected chi connectivity index (χ1v) is 16.6. The van der Waals surface area contributed by atoms with Gasteiger partial charge in [0, 0.05) is 12.2 Å². The summed E-state index contributed by atoms with van der Waals surface area (Å²) in [6.45, 7) is 2.90. The Hall–Kier alpha value is -3.08. The smallest absolute Gasteiger partial charge is 0.424 e. The summed E-state index contributed by atoms with van der Waals surface area (Å²) < 4.78 is 87.6. The van der Waals surface area contributed by atoms with Crippen molar-refractivity contribution < 1.29 is 39.7 Å². The summed E-state index contributed by atoms with van der Waals surface area (Å²) in [5.74, 6) is -1.45. The molecule has 2 unspecified atom stereocenters. The minimum absolute atomic E-state index is 0.0242. The van der Waals surface area contributed by atoms with Crippen LogP contribution in [0.15, 0.2) is 84.9 Å². The molecule has 3 aromatic rings. The Morgan fingerprint density at radius 1 is 0.905 bits per heavy atom. The van der Waals surface area contributed by atoms with Crippen molar-refractivity contribution in [3.63, 3.8) is 0 Å². The summed E-state index contributed by atoms with van der Waals surface area (Å²) >= 11 is 0. The fourth-order valence-electron chi connectivity index (χ4n) is 4.87. The predicted octanol–water partition coefficient (Wildman–Crippen LogP) is 5.39. The van der Waals surface area contributed by atoms with E-state index in [1.54, 1.807) is 68.4 Å². The Balaban J connectivity index is 1.80. The first-order valence-electron chi connectivity index (χ1n) is 13.3. The maximum atomic E-state index is 14.1. The van der Waals surface area contributed by atoms with Crippen molar-refractivity contribution in [3.8, 4) is 6.07 Å². The molecule has 0 aliphatic rings. The van der Waals surface area contributed by atoms with Crippen molar-refractivity contribution in [2.24, 2.45) is 0 Å². The van der Waals surface area contributed by atoms with E-state index < -0.39 is 53.4 Å². The molecule has 0 aliphatic carbocycles. The number of nitriles is 1. The fraction of sp³-hybridized carbons (Fsp3) is 0.367. The highest BCUT2D eigenvalue weighted by Crippen LogP contribution is 2.41. The number of ether oxygens (including phenoxy) is 1. The lowest BCUT2D eigenvalue weighted by molar-refractivity contribution is -0.0615. The third-order valence-corrected chi connectivity index (χ3v) is 12.9. The van der Waals surface area contributed by atoms with Gasteiger partial charge in [0.25, 0.3) is 8.32 Å². The summed E-state index contributed by atoms with van der Waals surface area (Å²) in [5, 5.41) is 9.96. The minimum Gasteiger partial charge on any atom is -0.424 e. The summed E-state index contributed by atoms with van der Waals surface area (Å²) in [4.78, 5) is 12.3. The van der Waals surface area contributed by atoms with E-state index in [2.05, 4.69) is 4.18 Å². The molecule has 0 aliphatic heterocycles. The Labute approximate surface area is 244 Å². The van der Waals surface area contributed by atoms with Crippen LogP contribution in [0.25, 0.3) is 0 Å². The molecule has 0 aromatic heterocycles. The molecule has 1 N–H and O–H groups in total. The molecule has 2 atom stereocenters. The van der Waals surface area contributed by atoms with Crippen LogP contribution in [0.3, 0.4) is 0 Å². The van der Waals surface area contributed by atoms with E-state index in [0.717, 1.165) is 0 Å². The second kappa shape index (κ2) is 13.9. The number of benzene rings is 3. The van der Waals surface area contributed by atoms with Gasteiger partial charge in [-0.05, 0) is 40.7 Å². The molecule has 3 aromatic carbocycles.